The Kier molecular flexibility index (Phi) is 6.22. The normalized spacial score (nSPS) is 18.9. The quantitative estimate of drug-likeness (QED) is 0.712. The summed E-state index contributed by atoms with van der Waals surface area (Å²) in [5.74, 6) is 0. The summed E-state index contributed by atoms with van der Waals surface area (Å²) in [5.41, 5.74) is 1.43. The summed E-state index contributed by atoms with van der Waals surface area (Å²) in [5, 5.41) is 0. The minimum atomic E-state index is 0.126. The van der Waals surface area contributed by atoms with Gasteiger partial charge in [-0.05, 0) is 31.4 Å². The average molecular weight is 274 g/mol. The molecule has 1 heterocycles. The summed E-state index contributed by atoms with van der Waals surface area (Å²) >= 11 is 0. The second kappa shape index (κ2) is 8.18. The van der Waals surface area contributed by atoms with E-state index in [0.29, 0.717) is 0 Å². The lowest BCUT2D eigenvalue weighted by molar-refractivity contribution is -0.113. The van der Waals surface area contributed by atoms with E-state index in [1.165, 1.54) is 18.5 Å². The van der Waals surface area contributed by atoms with Crippen LogP contribution in [-0.4, -0.2) is 54.9 Å². The van der Waals surface area contributed by atoms with Crippen molar-refractivity contribution in [1.82, 2.24) is 9.80 Å². The number of carbonyl (C=O) groups is 1. The van der Waals surface area contributed by atoms with Crippen LogP contribution in [0, 0.1) is 0 Å². The van der Waals surface area contributed by atoms with Crippen molar-refractivity contribution in [3.8, 4) is 0 Å². The largest absolute Gasteiger partial charge is 0.302 e. The second-order valence-corrected chi connectivity index (χ2v) is 5.58. The average Bonchev–Trinajstić information content (AvgIpc) is 2.51. The van der Waals surface area contributed by atoms with Crippen LogP contribution in [0.5, 0.6) is 0 Å². The van der Waals surface area contributed by atoms with Crippen LogP contribution in [0.1, 0.15) is 25.3 Å². The van der Waals surface area contributed by atoms with Crippen molar-refractivity contribution >= 4 is 6.29 Å². The molecular weight excluding hydrogens is 248 g/mol. The molecule has 1 fully saturated rings. The van der Waals surface area contributed by atoms with Gasteiger partial charge >= 0.3 is 0 Å². The van der Waals surface area contributed by atoms with Gasteiger partial charge in [-0.25, -0.2) is 0 Å². The monoisotopic (exact) mass is 274 g/mol. The highest BCUT2D eigenvalue weighted by Gasteiger charge is 2.21. The van der Waals surface area contributed by atoms with E-state index >= 15 is 0 Å². The summed E-state index contributed by atoms with van der Waals surface area (Å²) in [4.78, 5) is 15.8. The van der Waals surface area contributed by atoms with Crippen LogP contribution >= 0.6 is 0 Å². The lowest BCUT2D eigenvalue weighted by Crippen LogP contribution is -2.50. The van der Waals surface area contributed by atoms with E-state index < -0.39 is 0 Å². The van der Waals surface area contributed by atoms with E-state index in [1.807, 2.05) is 0 Å². The molecule has 2 rings (SSSR count). The third-order valence-electron chi connectivity index (χ3n) is 4.23. The molecule has 1 atom stereocenters. The zero-order valence-electron chi connectivity index (χ0n) is 12.5. The molecule has 0 bridgehead atoms. The molecule has 1 unspecified atom stereocenters. The maximum absolute atomic E-state index is 11.0. The molecule has 3 heteroatoms. The van der Waals surface area contributed by atoms with Crippen molar-refractivity contribution in [2.75, 3.05) is 32.7 Å². The highest BCUT2D eigenvalue weighted by atomic mass is 16.1. The number of benzene rings is 1. The van der Waals surface area contributed by atoms with Gasteiger partial charge in [0.25, 0.3) is 0 Å². The highest BCUT2D eigenvalue weighted by Crippen LogP contribution is 2.09. The number of piperazine rings is 1. The molecule has 1 aliphatic heterocycles. The fourth-order valence-electron chi connectivity index (χ4n) is 2.91. The Labute approximate surface area is 122 Å². The van der Waals surface area contributed by atoms with Crippen molar-refractivity contribution in [2.45, 2.75) is 32.2 Å². The molecule has 110 valence electrons. The molecule has 1 aliphatic rings. The van der Waals surface area contributed by atoms with Gasteiger partial charge < -0.3 is 9.69 Å². The molecule has 1 aromatic rings. The van der Waals surface area contributed by atoms with Gasteiger partial charge in [0, 0.05) is 26.2 Å². The summed E-state index contributed by atoms with van der Waals surface area (Å²) in [7, 11) is 0. The molecule has 1 aromatic carbocycles. The Morgan fingerprint density at radius 2 is 1.85 bits per heavy atom. The Bertz CT molecular complexity index is 385. The van der Waals surface area contributed by atoms with Crippen LogP contribution in [0.2, 0.25) is 0 Å². The van der Waals surface area contributed by atoms with Crippen LogP contribution < -0.4 is 0 Å². The molecule has 0 spiro atoms. The van der Waals surface area contributed by atoms with E-state index in [0.717, 1.165) is 45.3 Å². The summed E-state index contributed by atoms with van der Waals surface area (Å²) in [6.45, 7) is 7.51. The standard InChI is InChI=1S/C17H26N2O/c1-2-17(15-20)19-13-11-18(12-14-19)10-6-9-16-7-4-3-5-8-16/h3-5,7-8,15,17H,2,6,9-14H2,1H3. The second-order valence-electron chi connectivity index (χ2n) is 5.58. The number of carbonyl (C=O) groups excluding carboxylic acids is 1. The molecule has 0 saturated carbocycles. The lowest BCUT2D eigenvalue weighted by atomic mass is 10.1. The first kappa shape index (κ1) is 15.2. The summed E-state index contributed by atoms with van der Waals surface area (Å²) in [6.07, 6.45) is 4.41. The number of aryl methyl sites for hydroxylation is 1. The van der Waals surface area contributed by atoms with E-state index in [9.17, 15) is 4.79 Å². The minimum absolute atomic E-state index is 0.126. The Morgan fingerprint density at radius 3 is 2.45 bits per heavy atom. The van der Waals surface area contributed by atoms with Gasteiger partial charge in [0.05, 0.1) is 6.04 Å². The Balaban J connectivity index is 1.66. The third kappa shape index (κ3) is 4.43. The van der Waals surface area contributed by atoms with Crippen molar-refractivity contribution in [3.05, 3.63) is 35.9 Å². The van der Waals surface area contributed by atoms with E-state index in [-0.39, 0.29) is 6.04 Å². The molecule has 0 aromatic heterocycles. The fraction of sp³-hybridized carbons (Fsp3) is 0.588. The maximum atomic E-state index is 11.0. The molecule has 0 N–H and O–H groups in total. The first-order chi connectivity index (χ1) is 9.83. The van der Waals surface area contributed by atoms with Gasteiger partial charge in [0.1, 0.15) is 6.29 Å². The molecule has 0 amide bonds. The smallest absolute Gasteiger partial charge is 0.137 e. The van der Waals surface area contributed by atoms with Crippen LogP contribution in [-0.2, 0) is 11.2 Å². The zero-order chi connectivity index (χ0) is 14.2. The van der Waals surface area contributed by atoms with Gasteiger partial charge in [0.2, 0.25) is 0 Å². The predicted molar refractivity (Wildman–Crippen MR) is 82.9 cm³/mol. The summed E-state index contributed by atoms with van der Waals surface area (Å²) < 4.78 is 0. The minimum Gasteiger partial charge on any atom is -0.302 e. The molecule has 20 heavy (non-hydrogen) atoms. The SMILES string of the molecule is CCC(C=O)N1CCN(CCCc2ccccc2)CC1. The van der Waals surface area contributed by atoms with Gasteiger partial charge in [-0.2, -0.15) is 0 Å². The first-order valence-corrected chi connectivity index (χ1v) is 7.79. The van der Waals surface area contributed by atoms with Gasteiger partial charge in [-0.3, -0.25) is 4.90 Å². The van der Waals surface area contributed by atoms with Gasteiger partial charge in [-0.1, -0.05) is 37.3 Å². The van der Waals surface area contributed by atoms with E-state index in [2.05, 4.69) is 47.1 Å². The molecular formula is C17H26N2O. The van der Waals surface area contributed by atoms with Crippen molar-refractivity contribution < 1.29 is 4.79 Å². The van der Waals surface area contributed by atoms with E-state index in [4.69, 9.17) is 0 Å². The molecule has 0 aliphatic carbocycles. The van der Waals surface area contributed by atoms with Crippen molar-refractivity contribution in [3.63, 3.8) is 0 Å². The van der Waals surface area contributed by atoms with Crippen LogP contribution in [0.15, 0.2) is 30.3 Å². The Morgan fingerprint density at radius 1 is 1.15 bits per heavy atom. The first-order valence-electron chi connectivity index (χ1n) is 7.79. The van der Waals surface area contributed by atoms with Gasteiger partial charge in [0.15, 0.2) is 0 Å². The van der Waals surface area contributed by atoms with Crippen molar-refractivity contribution in [2.24, 2.45) is 0 Å². The third-order valence-corrected chi connectivity index (χ3v) is 4.23. The Hall–Kier alpha value is -1.19. The maximum Gasteiger partial charge on any atom is 0.137 e. The fourth-order valence-corrected chi connectivity index (χ4v) is 2.91. The molecule has 1 saturated heterocycles. The number of aldehydes is 1. The van der Waals surface area contributed by atoms with Crippen LogP contribution in [0.3, 0.4) is 0 Å². The lowest BCUT2D eigenvalue weighted by Gasteiger charge is -2.37. The number of rotatable bonds is 7. The molecule has 0 radical (unpaired) electrons. The highest BCUT2D eigenvalue weighted by molar-refractivity contribution is 5.57. The van der Waals surface area contributed by atoms with Crippen LogP contribution in [0.4, 0.5) is 0 Å². The molecule has 3 nitrogen and oxygen atoms in total. The number of hydrogen-bond acceptors (Lipinski definition) is 3. The van der Waals surface area contributed by atoms with E-state index in [1.54, 1.807) is 0 Å². The number of hydrogen-bond donors (Lipinski definition) is 0. The van der Waals surface area contributed by atoms with Crippen LogP contribution in [0.25, 0.3) is 0 Å². The predicted octanol–water partition coefficient (Wildman–Crippen LogP) is 2.21. The number of nitrogens with zero attached hydrogens (tertiary/aromatic N) is 2. The topological polar surface area (TPSA) is 23.6 Å². The van der Waals surface area contributed by atoms with Crippen molar-refractivity contribution in [1.29, 1.82) is 0 Å². The zero-order valence-corrected chi connectivity index (χ0v) is 12.5. The summed E-state index contributed by atoms with van der Waals surface area (Å²) in [6, 6.07) is 10.8. The van der Waals surface area contributed by atoms with Gasteiger partial charge in [-0.15, -0.1) is 0 Å².